The summed E-state index contributed by atoms with van der Waals surface area (Å²) >= 11 is 3.51. The molecule has 9 heteroatoms. The average molecular weight is 719 g/mol. The van der Waals surface area contributed by atoms with Crippen LogP contribution in [-0.2, 0) is 59.6 Å². The van der Waals surface area contributed by atoms with Gasteiger partial charge in [-0.3, -0.25) is 0 Å². The van der Waals surface area contributed by atoms with Crippen molar-refractivity contribution in [1.82, 2.24) is 0 Å². The van der Waals surface area contributed by atoms with Crippen LogP contribution in [0.25, 0.3) is 0 Å². The number of hydrogen-bond donors (Lipinski definition) is 0. The van der Waals surface area contributed by atoms with Crippen LogP contribution < -0.4 is 4.90 Å². The van der Waals surface area contributed by atoms with Gasteiger partial charge in [-0.1, -0.05) is 107 Å². The van der Waals surface area contributed by atoms with Crippen LogP contribution in [0, 0.1) is 0 Å². The molecule has 0 aliphatic carbocycles. The lowest BCUT2D eigenvalue weighted by Gasteiger charge is -2.45. The van der Waals surface area contributed by atoms with Crippen molar-refractivity contribution in [2.45, 2.75) is 57.1 Å². The Bertz CT molecular complexity index is 1500. The number of benzene rings is 4. The lowest BCUT2D eigenvalue weighted by Crippen LogP contribution is -2.61. The zero-order valence-electron chi connectivity index (χ0n) is 27.3. The maximum absolute atomic E-state index is 6.76. The predicted octanol–water partition coefficient (Wildman–Crippen LogP) is 6.93. The molecule has 0 spiro atoms. The Labute approximate surface area is 291 Å². The third-order valence-corrected chi connectivity index (χ3v) is 9.16. The van der Waals surface area contributed by atoms with Crippen LogP contribution in [0.3, 0.4) is 0 Å². The summed E-state index contributed by atoms with van der Waals surface area (Å²) in [6.07, 6.45) is -2.80. The van der Waals surface area contributed by atoms with E-state index in [0.717, 1.165) is 45.5 Å². The van der Waals surface area contributed by atoms with Gasteiger partial charge in [-0.2, -0.15) is 0 Å². The Morgan fingerprint density at radius 2 is 1.23 bits per heavy atom. The second-order valence-electron chi connectivity index (χ2n) is 11.9. The van der Waals surface area contributed by atoms with Crippen molar-refractivity contribution in [3.63, 3.8) is 0 Å². The Morgan fingerprint density at radius 3 is 1.90 bits per heavy atom. The lowest BCUT2D eigenvalue weighted by atomic mass is 9.97. The zero-order valence-corrected chi connectivity index (χ0v) is 28.9. The number of hydrogen-bond acceptors (Lipinski definition) is 8. The molecule has 0 radical (unpaired) electrons. The maximum atomic E-state index is 6.76. The smallest absolute Gasteiger partial charge is 0.186 e. The minimum absolute atomic E-state index is 0.285. The van der Waals surface area contributed by atoms with Crippen molar-refractivity contribution < 1.29 is 33.2 Å². The molecule has 48 heavy (non-hydrogen) atoms. The van der Waals surface area contributed by atoms with E-state index in [1.54, 1.807) is 7.11 Å². The van der Waals surface area contributed by atoms with Crippen LogP contribution in [0.15, 0.2) is 114 Å². The average Bonchev–Trinajstić information content (AvgIpc) is 3.14. The van der Waals surface area contributed by atoms with E-state index in [0.29, 0.717) is 39.6 Å². The highest BCUT2D eigenvalue weighted by Crippen LogP contribution is 2.32. The van der Waals surface area contributed by atoms with Gasteiger partial charge in [0.05, 0.1) is 46.2 Å². The first-order valence-electron chi connectivity index (χ1n) is 16.5. The molecule has 2 saturated heterocycles. The van der Waals surface area contributed by atoms with Crippen molar-refractivity contribution in [3.05, 3.63) is 136 Å². The molecule has 1 unspecified atom stereocenters. The SMILES string of the molecule is COC1O[C@H](COCc2ccc(Br)cc2)[C@@H](OCc2ccccc2)[C@H](OCc2ccccc2)[C@H]1OCc1ccccc1N1CCOCC1. The van der Waals surface area contributed by atoms with Crippen LogP contribution in [0.5, 0.6) is 0 Å². The molecule has 5 atom stereocenters. The quantitative estimate of drug-likeness (QED) is 0.131. The number of anilines is 1. The normalized spacial score (nSPS) is 22.9. The van der Waals surface area contributed by atoms with Gasteiger partial charge >= 0.3 is 0 Å². The highest BCUT2D eigenvalue weighted by molar-refractivity contribution is 9.10. The number of halogens is 1. The topological polar surface area (TPSA) is 67.9 Å². The van der Waals surface area contributed by atoms with E-state index in [1.165, 1.54) is 0 Å². The summed E-state index contributed by atoms with van der Waals surface area (Å²) in [5.41, 5.74) is 5.40. The third kappa shape index (κ3) is 9.52. The van der Waals surface area contributed by atoms with Crippen molar-refractivity contribution in [3.8, 4) is 0 Å². The van der Waals surface area contributed by atoms with E-state index in [9.17, 15) is 0 Å². The second kappa shape index (κ2) is 18.0. The van der Waals surface area contributed by atoms with Gasteiger partial charge in [0.15, 0.2) is 6.29 Å². The summed E-state index contributed by atoms with van der Waals surface area (Å²) in [4.78, 5) is 2.35. The highest BCUT2D eigenvalue weighted by Gasteiger charge is 2.49. The van der Waals surface area contributed by atoms with Gasteiger partial charge < -0.3 is 38.1 Å². The van der Waals surface area contributed by atoms with E-state index < -0.39 is 30.7 Å². The fraction of sp³-hybridized carbons (Fsp3) is 0.385. The first kappa shape index (κ1) is 34.7. The van der Waals surface area contributed by atoms with E-state index in [-0.39, 0.29) is 6.61 Å². The van der Waals surface area contributed by atoms with Gasteiger partial charge in [0.25, 0.3) is 0 Å². The van der Waals surface area contributed by atoms with E-state index in [1.807, 2.05) is 66.7 Å². The van der Waals surface area contributed by atoms with Gasteiger partial charge in [0.2, 0.25) is 0 Å². The Balaban J connectivity index is 1.25. The number of para-hydroxylation sites is 1. The molecule has 2 fully saturated rings. The molecular weight excluding hydrogens is 674 g/mol. The van der Waals surface area contributed by atoms with Crippen molar-refractivity contribution >= 4 is 21.6 Å². The molecule has 2 aliphatic heterocycles. The lowest BCUT2D eigenvalue weighted by molar-refractivity contribution is -0.323. The number of nitrogens with zero attached hydrogens (tertiary/aromatic N) is 1. The molecular formula is C39H44BrNO7. The summed E-state index contributed by atoms with van der Waals surface area (Å²) in [7, 11) is 1.64. The van der Waals surface area contributed by atoms with E-state index in [2.05, 4.69) is 63.3 Å². The fourth-order valence-electron chi connectivity index (χ4n) is 6.11. The number of morpholine rings is 1. The summed E-state index contributed by atoms with van der Waals surface area (Å²) < 4.78 is 45.7. The molecule has 0 bridgehead atoms. The van der Waals surface area contributed by atoms with E-state index >= 15 is 0 Å². The van der Waals surface area contributed by atoms with Gasteiger partial charge in [-0.05, 0) is 34.9 Å². The summed E-state index contributed by atoms with van der Waals surface area (Å²) in [6, 6.07) is 36.7. The van der Waals surface area contributed by atoms with Crippen molar-refractivity contribution in [1.29, 1.82) is 0 Å². The molecule has 254 valence electrons. The molecule has 2 heterocycles. The molecule has 4 aromatic rings. The standard InChI is InChI=1S/C39H44BrNO7/c1-42-39-38(47-27-32-14-8-9-15-34(32)41-20-22-43-23-21-41)37(46-26-30-12-6-3-7-13-30)36(45-25-29-10-4-2-5-11-29)35(48-39)28-44-24-31-16-18-33(40)19-17-31/h2-19,35-39H,20-28H2,1H3/t35-,36-,37+,38-,39?/m1/s1. The number of ether oxygens (including phenoxy) is 7. The van der Waals surface area contributed by atoms with Crippen LogP contribution in [-0.4, -0.2) is 70.7 Å². The third-order valence-electron chi connectivity index (χ3n) is 8.63. The monoisotopic (exact) mass is 717 g/mol. The van der Waals surface area contributed by atoms with E-state index in [4.69, 9.17) is 33.2 Å². The Hall–Kier alpha value is -3.12. The predicted molar refractivity (Wildman–Crippen MR) is 188 cm³/mol. The molecule has 2 aliphatic rings. The number of methoxy groups -OCH3 is 1. The minimum Gasteiger partial charge on any atom is -0.378 e. The summed E-state index contributed by atoms with van der Waals surface area (Å²) in [5.74, 6) is 0. The minimum atomic E-state index is -0.709. The molecule has 0 amide bonds. The molecule has 8 nitrogen and oxygen atoms in total. The Kier molecular flexibility index (Phi) is 13.1. The van der Waals surface area contributed by atoms with Gasteiger partial charge in [0, 0.05) is 35.9 Å². The largest absolute Gasteiger partial charge is 0.378 e. The van der Waals surface area contributed by atoms with Crippen LogP contribution in [0.2, 0.25) is 0 Å². The number of rotatable bonds is 15. The van der Waals surface area contributed by atoms with Gasteiger partial charge in [0.1, 0.15) is 24.4 Å². The highest BCUT2D eigenvalue weighted by atomic mass is 79.9. The molecule has 0 aromatic heterocycles. The first-order chi connectivity index (χ1) is 23.7. The van der Waals surface area contributed by atoms with Gasteiger partial charge in [-0.25, -0.2) is 0 Å². The molecule has 0 N–H and O–H groups in total. The maximum Gasteiger partial charge on any atom is 0.186 e. The fourth-order valence-corrected chi connectivity index (χ4v) is 6.37. The van der Waals surface area contributed by atoms with Crippen LogP contribution >= 0.6 is 15.9 Å². The zero-order chi connectivity index (χ0) is 33.0. The second-order valence-corrected chi connectivity index (χ2v) is 12.9. The molecule has 4 aromatic carbocycles. The van der Waals surface area contributed by atoms with Crippen molar-refractivity contribution in [2.24, 2.45) is 0 Å². The molecule has 0 saturated carbocycles. The summed E-state index contributed by atoms with van der Waals surface area (Å²) in [6.45, 7) is 4.92. The first-order valence-corrected chi connectivity index (χ1v) is 17.3. The van der Waals surface area contributed by atoms with Crippen LogP contribution in [0.1, 0.15) is 22.3 Å². The van der Waals surface area contributed by atoms with Crippen molar-refractivity contribution in [2.75, 3.05) is 44.9 Å². The Morgan fingerprint density at radius 1 is 0.646 bits per heavy atom. The van der Waals surface area contributed by atoms with Crippen LogP contribution in [0.4, 0.5) is 5.69 Å². The molecule has 6 rings (SSSR count). The van der Waals surface area contributed by atoms with Gasteiger partial charge in [-0.15, -0.1) is 0 Å². The summed E-state index contributed by atoms with van der Waals surface area (Å²) in [5, 5.41) is 0.